The third-order valence-electron chi connectivity index (χ3n) is 4.24. The van der Waals surface area contributed by atoms with Gasteiger partial charge >= 0.3 is 0 Å². The summed E-state index contributed by atoms with van der Waals surface area (Å²) in [5.41, 5.74) is 8.62. The summed E-state index contributed by atoms with van der Waals surface area (Å²) in [4.78, 5) is 2.32. The van der Waals surface area contributed by atoms with E-state index >= 15 is 0 Å². The molecule has 1 aromatic rings. The van der Waals surface area contributed by atoms with Crippen molar-refractivity contribution >= 4 is 0 Å². The molecule has 1 aromatic carbocycles. The molecule has 0 saturated heterocycles. The Bertz CT molecular complexity index is 425. The first-order valence-corrected chi connectivity index (χ1v) is 7.15. The van der Waals surface area contributed by atoms with Gasteiger partial charge in [-0.2, -0.15) is 0 Å². The van der Waals surface area contributed by atoms with Crippen molar-refractivity contribution in [3.8, 4) is 5.75 Å². The second-order valence-corrected chi connectivity index (χ2v) is 5.82. The van der Waals surface area contributed by atoms with Crippen LogP contribution in [-0.4, -0.2) is 32.1 Å². The zero-order chi connectivity index (χ0) is 14.0. The maximum Gasteiger partial charge on any atom is 0.122 e. The molecule has 1 saturated carbocycles. The average Bonchev–Trinajstić information content (AvgIpc) is 2.36. The van der Waals surface area contributed by atoms with E-state index in [1.807, 2.05) is 0 Å². The van der Waals surface area contributed by atoms with Gasteiger partial charge in [-0.3, -0.25) is 0 Å². The maximum atomic E-state index is 5.95. The summed E-state index contributed by atoms with van der Waals surface area (Å²) < 4.78 is 5.42. The number of rotatable bonds is 5. The minimum absolute atomic E-state index is 0.399. The summed E-state index contributed by atoms with van der Waals surface area (Å²) in [7, 11) is 6.05. The molecule has 0 bridgehead atoms. The highest BCUT2D eigenvalue weighted by atomic mass is 16.5. The number of aryl methyl sites for hydroxylation is 1. The highest BCUT2D eigenvalue weighted by Gasteiger charge is 2.35. The number of hydrogen-bond acceptors (Lipinski definition) is 3. The fourth-order valence-corrected chi connectivity index (χ4v) is 3.22. The Morgan fingerprint density at radius 2 is 2.05 bits per heavy atom. The van der Waals surface area contributed by atoms with E-state index < -0.39 is 0 Å². The molecule has 0 radical (unpaired) electrons. The minimum Gasteiger partial charge on any atom is -0.496 e. The fraction of sp³-hybridized carbons (Fsp3) is 0.625. The topological polar surface area (TPSA) is 38.5 Å². The van der Waals surface area contributed by atoms with Gasteiger partial charge in [-0.05, 0) is 56.5 Å². The van der Waals surface area contributed by atoms with Crippen LogP contribution in [0.3, 0.4) is 0 Å². The second kappa shape index (κ2) is 5.93. The van der Waals surface area contributed by atoms with E-state index in [1.54, 1.807) is 7.11 Å². The lowest BCUT2D eigenvalue weighted by atomic mass is 9.73. The summed E-state index contributed by atoms with van der Waals surface area (Å²) in [6, 6.07) is 7.47. The first-order chi connectivity index (χ1) is 9.06. The van der Waals surface area contributed by atoms with Crippen LogP contribution in [0, 0.1) is 5.92 Å². The number of hydrogen-bond donors (Lipinski definition) is 1. The van der Waals surface area contributed by atoms with Crippen molar-refractivity contribution in [2.75, 3.05) is 21.2 Å². The van der Waals surface area contributed by atoms with Crippen LogP contribution in [0.2, 0.25) is 0 Å². The standard InChI is InChI=1S/C16H26N2O/c1-5-11-8-12(6-7-15(11)19-4)16(18(2)3)13-9-14(17)10-13/h6-8,13-14,16H,5,9-10,17H2,1-4H3. The van der Waals surface area contributed by atoms with Gasteiger partial charge in [0.1, 0.15) is 5.75 Å². The fourth-order valence-electron chi connectivity index (χ4n) is 3.22. The third kappa shape index (κ3) is 2.93. The van der Waals surface area contributed by atoms with E-state index in [9.17, 15) is 0 Å². The first kappa shape index (κ1) is 14.4. The van der Waals surface area contributed by atoms with Crippen molar-refractivity contribution < 1.29 is 4.74 Å². The Kier molecular flexibility index (Phi) is 4.48. The highest BCUT2D eigenvalue weighted by molar-refractivity contribution is 5.38. The van der Waals surface area contributed by atoms with Gasteiger partial charge in [-0.15, -0.1) is 0 Å². The lowest BCUT2D eigenvalue weighted by Gasteiger charge is -2.42. The molecule has 0 aromatic heterocycles. The van der Waals surface area contributed by atoms with Crippen molar-refractivity contribution in [2.45, 2.75) is 38.3 Å². The lowest BCUT2D eigenvalue weighted by Crippen LogP contribution is -2.43. The summed E-state index contributed by atoms with van der Waals surface area (Å²) in [6.07, 6.45) is 3.27. The van der Waals surface area contributed by atoms with Gasteiger partial charge in [0.05, 0.1) is 7.11 Å². The minimum atomic E-state index is 0.399. The predicted molar refractivity (Wildman–Crippen MR) is 79.5 cm³/mol. The van der Waals surface area contributed by atoms with Gasteiger partial charge in [-0.1, -0.05) is 19.1 Å². The van der Waals surface area contributed by atoms with Crippen molar-refractivity contribution in [3.63, 3.8) is 0 Å². The van der Waals surface area contributed by atoms with E-state index in [2.05, 4.69) is 44.1 Å². The second-order valence-electron chi connectivity index (χ2n) is 5.82. The van der Waals surface area contributed by atoms with Crippen molar-refractivity contribution in [1.82, 2.24) is 4.90 Å². The Morgan fingerprint density at radius 3 is 2.53 bits per heavy atom. The molecule has 0 spiro atoms. The molecular formula is C16H26N2O. The molecule has 0 amide bonds. The molecule has 2 rings (SSSR count). The SMILES string of the molecule is CCc1cc(C(C2CC(N)C2)N(C)C)ccc1OC. The quantitative estimate of drug-likeness (QED) is 0.886. The number of nitrogens with zero attached hydrogens (tertiary/aromatic N) is 1. The molecule has 1 atom stereocenters. The number of benzene rings is 1. The molecule has 1 unspecified atom stereocenters. The molecule has 0 aliphatic heterocycles. The first-order valence-electron chi connectivity index (χ1n) is 7.15. The van der Waals surface area contributed by atoms with E-state index in [1.165, 1.54) is 11.1 Å². The van der Waals surface area contributed by atoms with E-state index in [-0.39, 0.29) is 0 Å². The number of nitrogens with two attached hydrogens (primary N) is 1. The van der Waals surface area contributed by atoms with Crippen molar-refractivity contribution in [2.24, 2.45) is 11.7 Å². The predicted octanol–water partition coefficient (Wildman–Crippen LogP) is 2.60. The Labute approximate surface area is 116 Å². The van der Waals surface area contributed by atoms with Crippen LogP contribution >= 0.6 is 0 Å². The molecule has 2 N–H and O–H groups in total. The van der Waals surface area contributed by atoms with Gasteiger partial charge in [0.25, 0.3) is 0 Å². The van der Waals surface area contributed by atoms with Crippen molar-refractivity contribution in [1.29, 1.82) is 0 Å². The Hall–Kier alpha value is -1.06. The van der Waals surface area contributed by atoms with Crippen LogP contribution in [0.5, 0.6) is 5.75 Å². The maximum absolute atomic E-state index is 5.95. The van der Waals surface area contributed by atoms with Gasteiger partial charge in [0.15, 0.2) is 0 Å². The van der Waals surface area contributed by atoms with Crippen LogP contribution in [-0.2, 0) is 6.42 Å². The highest BCUT2D eigenvalue weighted by Crippen LogP contribution is 2.40. The van der Waals surface area contributed by atoms with E-state index in [4.69, 9.17) is 10.5 Å². The number of methoxy groups -OCH3 is 1. The summed E-state index contributed by atoms with van der Waals surface area (Å²) >= 11 is 0. The smallest absolute Gasteiger partial charge is 0.122 e. The van der Waals surface area contributed by atoms with Crippen LogP contribution < -0.4 is 10.5 Å². The average molecular weight is 262 g/mol. The molecule has 0 heterocycles. The van der Waals surface area contributed by atoms with Gasteiger partial charge in [0, 0.05) is 12.1 Å². The number of ether oxygens (including phenoxy) is 1. The molecule has 1 aliphatic carbocycles. The molecule has 1 fully saturated rings. The Balaban J connectivity index is 2.26. The van der Waals surface area contributed by atoms with Crippen LogP contribution in [0.15, 0.2) is 18.2 Å². The van der Waals surface area contributed by atoms with Gasteiger partial charge in [0.2, 0.25) is 0 Å². The molecule has 3 heteroatoms. The zero-order valence-corrected chi connectivity index (χ0v) is 12.5. The molecule has 106 valence electrons. The van der Waals surface area contributed by atoms with E-state index in [0.29, 0.717) is 18.0 Å². The molecule has 3 nitrogen and oxygen atoms in total. The zero-order valence-electron chi connectivity index (χ0n) is 12.5. The summed E-state index contributed by atoms with van der Waals surface area (Å²) in [5.74, 6) is 1.68. The monoisotopic (exact) mass is 262 g/mol. The van der Waals surface area contributed by atoms with Crippen LogP contribution in [0.1, 0.15) is 36.9 Å². The van der Waals surface area contributed by atoms with E-state index in [0.717, 1.165) is 25.0 Å². The lowest BCUT2D eigenvalue weighted by molar-refractivity contribution is 0.123. The summed E-state index contributed by atoms with van der Waals surface area (Å²) in [5, 5.41) is 0. The molecule has 19 heavy (non-hydrogen) atoms. The normalized spacial score (nSPS) is 24.1. The molecule has 1 aliphatic rings. The Morgan fingerprint density at radius 1 is 1.37 bits per heavy atom. The largest absolute Gasteiger partial charge is 0.496 e. The summed E-state index contributed by atoms with van der Waals surface area (Å²) in [6.45, 7) is 2.17. The van der Waals surface area contributed by atoms with Crippen molar-refractivity contribution in [3.05, 3.63) is 29.3 Å². The van der Waals surface area contributed by atoms with Gasteiger partial charge in [-0.25, -0.2) is 0 Å². The third-order valence-corrected chi connectivity index (χ3v) is 4.24. The molecular weight excluding hydrogens is 236 g/mol. The van der Waals surface area contributed by atoms with Gasteiger partial charge < -0.3 is 15.4 Å². The van der Waals surface area contributed by atoms with Crippen LogP contribution in [0.25, 0.3) is 0 Å². The van der Waals surface area contributed by atoms with Crippen LogP contribution in [0.4, 0.5) is 0 Å².